The van der Waals surface area contributed by atoms with Crippen molar-refractivity contribution in [1.29, 1.82) is 0 Å². The summed E-state index contributed by atoms with van der Waals surface area (Å²) in [7, 11) is 0. The molecule has 0 aliphatic heterocycles. The fourth-order valence-corrected chi connectivity index (χ4v) is 5.90. The normalized spacial score (nSPS) is 8.86. The molecule has 0 saturated heterocycles. The minimum atomic E-state index is 0. The molecule has 0 unspecified atom stereocenters. The zero-order valence-corrected chi connectivity index (χ0v) is 56.3. The van der Waals surface area contributed by atoms with Gasteiger partial charge in [0.25, 0.3) is 0 Å². The molecule has 0 N–H and O–H groups in total. The Balaban J connectivity index is -0.000000248. The molecule has 8 aromatic rings. The summed E-state index contributed by atoms with van der Waals surface area (Å²) >= 11 is 3.54. The summed E-state index contributed by atoms with van der Waals surface area (Å²) in [6.45, 7) is 22.4. The SMILES string of the molecule is C.Cc1cnc(-c2[c-]cccc2)cc1C.Cc1cnc(-c2[c-]cccc2)cc1C.Cc1cnc(-c2[c-]cccc2)cc1C.Cc1cnc(-c2ccccc2Br)cc1C.[CH2-]CCC.[Li+].[Li+].[Pd+2].[Y].[Y].[Y].[Y]. The molecular weight excluding hydrogens is 1300 g/mol. The van der Waals surface area contributed by atoms with Gasteiger partial charge in [-0.05, 0) is 112 Å². The van der Waals surface area contributed by atoms with E-state index in [1.165, 1.54) is 50.9 Å². The first-order chi connectivity index (χ1) is 29.4. The quantitative estimate of drug-likeness (QED) is 0.127. The number of unbranched alkanes of at least 4 members (excludes halogenated alkanes) is 1. The van der Waals surface area contributed by atoms with E-state index in [2.05, 4.69) is 154 Å². The predicted octanol–water partition coefficient (Wildman–Crippen LogP) is 9.88. The molecule has 4 aromatic heterocycles. The molecule has 4 radical (unpaired) electrons. The van der Waals surface area contributed by atoms with E-state index in [0.29, 0.717) is 0 Å². The van der Waals surface area contributed by atoms with Crippen LogP contribution in [-0.4, -0.2) is 19.9 Å². The van der Waals surface area contributed by atoms with Gasteiger partial charge in [-0.3, -0.25) is 4.98 Å². The second kappa shape index (κ2) is 43.5. The smallest absolute Gasteiger partial charge is 0.343 e. The fraction of sp³-hybridized carbons (Fsp3) is 0.211. The van der Waals surface area contributed by atoms with E-state index in [1.54, 1.807) is 0 Å². The standard InChI is InChI=1S/C13H12BrN.3C13H12N.C4H9.CH4.2Li.Pd.4Y/c1-9-7-13(15-8-10(9)2)11-5-3-4-6-12(11)14;3*1-10-8-13(14-9-11(10)2)12-6-4-3-5-7-12;1-3-4-2;;;;;;;;/h3-8H,1-2H3;3*3-6,8-9H,1-2H3;1,3-4H2,2H3;1H4;;;;;;;/q;4*-1;;2*+1;+2;;;;. The van der Waals surface area contributed by atoms with Gasteiger partial charge in [0.15, 0.2) is 0 Å². The maximum atomic E-state index is 4.44. The third kappa shape index (κ3) is 27.6. The molecule has 0 spiro atoms. The van der Waals surface area contributed by atoms with Crippen molar-refractivity contribution in [3.63, 3.8) is 0 Å². The Morgan fingerprint density at radius 3 is 0.942 bits per heavy atom. The first-order valence-corrected chi connectivity index (χ1v) is 21.4. The van der Waals surface area contributed by atoms with Crippen LogP contribution < -0.4 is 37.7 Å². The van der Waals surface area contributed by atoms with Crippen molar-refractivity contribution in [3.05, 3.63) is 220 Å². The van der Waals surface area contributed by atoms with Gasteiger partial charge in [0, 0.05) is 166 Å². The van der Waals surface area contributed by atoms with Gasteiger partial charge in [-0.1, -0.05) is 89.8 Å². The molecule has 0 aliphatic rings. The van der Waals surface area contributed by atoms with Gasteiger partial charge in [0.05, 0.1) is 5.69 Å². The Bertz CT molecular complexity index is 2370. The van der Waals surface area contributed by atoms with Gasteiger partial charge in [0.2, 0.25) is 0 Å². The van der Waals surface area contributed by atoms with Crippen molar-refractivity contribution in [1.82, 2.24) is 19.9 Å². The van der Waals surface area contributed by atoms with E-state index in [-0.39, 0.29) is 196 Å². The van der Waals surface area contributed by atoms with Crippen LogP contribution in [0.5, 0.6) is 0 Å². The molecule has 4 nitrogen and oxygen atoms in total. The number of aromatic nitrogens is 4. The maximum absolute atomic E-state index is 4.44. The van der Waals surface area contributed by atoms with Crippen molar-refractivity contribution in [2.45, 2.75) is 82.6 Å². The van der Waals surface area contributed by atoms with Crippen LogP contribution in [-0.2, 0) is 151 Å². The van der Waals surface area contributed by atoms with Crippen LogP contribution >= 0.6 is 15.9 Å². The van der Waals surface area contributed by atoms with Gasteiger partial charge >= 0.3 is 58.1 Å². The first kappa shape index (κ1) is 78.1. The van der Waals surface area contributed by atoms with E-state index in [0.717, 1.165) is 55.9 Å². The number of hydrogen-bond acceptors (Lipinski definition) is 4. The Hall–Kier alpha value is 0.233. The number of pyridine rings is 4. The molecule has 0 bridgehead atoms. The zero-order chi connectivity index (χ0) is 44.1. The van der Waals surface area contributed by atoms with Gasteiger partial charge in [-0.2, -0.15) is 6.42 Å². The minimum absolute atomic E-state index is 0. The third-order valence-electron chi connectivity index (χ3n) is 9.95. The summed E-state index contributed by atoms with van der Waals surface area (Å²) < 4.78 is 1.08. The van der Waals surface area contributed by atoms with Crippen molar-refractivity contribution >= 4 is 15.9 Å². The van der Waals surface area contributed by atoms with Crippen LogP contribution in [0.2, 0.25) is 0 Å². The van der Waals surface area contributed by atoms with Crippen molar-refractivity contribution in [3.8, 4) is 45.0 Å². The van der Waals surface area contributed by atoms with Gasteiger partial charge in [0.1, 0.15) is 0 Å². The van der Waals surface area contributed by atoms with E-state index >= 15 is 0 Å². The summed E-state index contributed by atoms with van der Waals surface area (Å²) in [6, 6.07) is 49.8. The van der Waals surface area contributed by atoms with E-state index in [9.17, 15) is 0 Å². The largest absolute Gasteiger partial charge is 2.00 e. The van der Waals surface area contributed by atoms with Crippen LogP contribution in [0.4, 0.5) is 0 Å². The maximum Gasteiger partial charge on any atom is 2.00 e. The van der Waals surface area contributed by atoms with Crippen molar-refractivity contribution < 1.29 is 189 Å². The van der Waals surface area contributed by atoms with E-state index < -0.39 is 0 Å². The number of rotatable bonds is 5. The van der Waals surface area contributed by atoms with Crippen LogP contribution in [0.15, 0.2) is 151 Å². The molecule has 8 rings (SSSR count). The Kier molecular flexibility index (Phi) is 49.2. The number of aryl methyl sites for hydroxylation is 8. The number of hydrogen-bond donors (Lipinski definition) is 0. The molecule has 12 heteroatoms. The molecule has 340 valence electrons. The topological polar surface area (TPSA) is 51.6 Å². The molecule has 0 atom stereocenters. The average molecular weight is 1360 g/mol. The van der Waals surface area contributed by atoms with Crippen molar-refractivity contribution in [2.75, 3.05) is 0 Å². The summed E-state index contributed by atoms with van der Waals surface area (Å²) in [5.41, 5.74) is 18.3. The van der Waals surface area contributed by atoms with E-state index in [4.69, 9.17) is 0 Å². The molecule has 0 aliphatic carbocycles. The predicted molar refractivity (Wildman–Crippen MR) is 268 cm³/mol. The van der Waals surface area contributed by atoms with Gasteiger partial charge in [-0.25, -0.2) is 0 Å². The number of benzene rings is 4. The molecule has 0 saturated carbocycles. The monoisotopic (exact) mass is 1360 g/mol. The van der Waals surface area contributed by atoms with Crippen LogP contribution in [0.3, 0.4) is 0 Å². The molecular formula is C57H61BrLi2N4PdY4. The molecule has 0 fully saturated rings. The minimum Gasteiger partial charge on any atom is -0.343 e. The summed E-state index contributed by atoms with van der Waals surface area (Å²) in [4.78, 5) is 17.6. The summed E-state index contributed by atoms with van der Waals surface area (Å²) in [5, 5.41) is 0. The Morgan fingerprint density at radius 1 is 0.435 bits per heavy atom. The summed E-state index contributed by atoms with van der Waals surface area (Å²) in [6.07, 6.45) is 9.92. The first-order valence-electron chi connectivity index (χ1n) is 20.6. The molecule has 4 heterocycles. The second-order valence-electron chi connectivity index (χ2n) is 14.8. The number of nitrogens with zero attached hydrogens (tertiary/aromatic N) is 4. The zero-order valence-electron chi connectivity index (χ0n) is 41.8. The third-order valence-corrected chi connectivity index (χ3v) is 10.6. The van der Waals surface area contributed by atoms with Crippen LogP contribution in [0.25, 0.3) is 45.0 Å². The Labute approximate surface area is 563 Å². The fourth-order valence-electron chi connectivity index (χ4n) is 5.41. The van der Waals surface area contributed by atoms with Gasteiger partial charge in [-0.15, -0.1) is 108 Å². The Morgan fingerprint density at radius 2 is 0.696 bits per heavy atom. The van der Waals surface area contributed by atoms with Gasteiger partial charge < -0.3 is 21.9 Å². The molecule has 69 heavy (non-hydrogen) atoms. The molecule has 0 amide bonds. The van der Waals surface area contributed by atoms with Crippen molar-refractivity contribution in [2.24, 2.45) is 0 Å². The molecule has 4 aromatic carbocycles. The average Bonchev–Trinajstić information content (AvgIpc) is 3.29. The van der Waals surface area contributed by atoms with Crippen LogP contribution in [0, 0.1) is 80.5 Å². The second-order valence-corrected chi connectivity index (χ2v) is 15.6. The van der Waals surface area contributed by atoms with Crippen LogP contribution in [0.1, 0.15) is 71.7 Å². The summed E-state index contributed by atoms with van der Waals surface area (Å²) in [5.74, 6) is 0. The van der Waals surface area contributed by atoms with E-state index in [1.807, 2.05) is 116 Å². The number of halogens is 1.